The van der Waals surface area contributed by atoms with Gasteiger partial charge in [0.25, 0.3) is 0 Å². The van der Waals surface area contributed by atoms with Gasteiger partial charge in [-0.1, -0.05) is 71.7 Å². The van der Waals surface area contributed by atoms with E-state index in [0.29, 0.717) is 22.0 Å². The molecule has 1 nitrogen and oxygen atoms in total. The van der Waals surface area contributed by atoms with Crippen molar-refractivity contribution in [2.75, 3.05) is 0 Å². The van der Waals surface area contributed by atoms with E-state index in [1.807, 2.05) is 42.5 Å². The highest BCUT2D eigenvalue weighted by Gasteiger charge is 2.20. The molecule has 0 heterocycles. The molecule has 0 aliphatic carbocycles. The summed E-state index contributed by atoms with van der Waals surface area (Å²) < 4.78 is 14.7. The summed E-state index contributed by atoms with van der Waals surface area (Å²) in [7, 11) is 0. The summed E-state index contributed by atoms with van der Waals surface area (Å²) in [6.07, 6.45) is -0.0926. The molecule has 3 aromatic carbocycles. The number of benzene rings is 3. The molecule has 3 rings (SSSR count). The van der Waals surface area contributed by atoms with Crippen LogP contribution in [0.1, 0.15) is 24.0 Å². The summed E-state index contributed by atoms with van der Waals surface area (Å²) in [6, 6.07) is 20.0. The first-order valence-corrected chi connectivity index (χ1v) is 9.18. The predicted octanol–water partition coefficient (Wildman–Crippen LogP) is 6.51. The van der Waals surface area contributed by atoms with Crippen LogP contribution >= 0.6 is 23.2 Å². The molecule has 0 aromatic heterocycles. The number of aliphatic hydroxyl groups is 1. The minimum Gasteiger partial charge on any atom is -0.393 e. The van der Waals surface area contributed by atoms with Crippen molar-refractivity contribution in [2.45, 2.75) is 25.4 Å². The zero-order chi connectivity index (χ0) is 18.7. The van der Waals surface area contributed by atoms with Crippen molar-refractivity contribution >= 4 is 23.2 Å². The van der Waals surface area contributed by atoms with Crippen molar-refractivity contribution in [3.8, 4) is 11.1 Å². The Bertz CT molecular complexity index is 894. The SMILES string of the molecule is C[C@@H](O)[C@@H](Cc1ccc(Cl)c(Cl)c1)c1ccc(-c2ccccc2)c(F)c1. The maximum absolute atomic E-state index is 14.7. The van der Waals surface area contributed by atoms with Gasteiger partial charge in [-0.2, -0.15) is 0 Å². The van der Waals surface area contributed by atoms with Gasteiger partial charge in [-0.15, -0.1) is 0 Å². The summed E-state index contributed by atoms with van der Waals surface area (Å²) in [6.45, 7) is 1.71. The first kappa shape index (κ1) is 18.9. The lowest BCUT2D eigenvalue weighted by Crippen LogP contribution is -2.17. The van der Waals surface area contributed by atoms with E-state index in [0.717, 1.165) is 16.7 Å². The number of aliphatic hydroxyl groups excluding tert-OH is 1. The average molecular weight is 389 g/mol. The third-order valence-electron chi connectivity index (χ3n) is 4.53. The fraction of sp³-hybridized carbons (Fsp3) is 0.182. The highest BCUT2D eigenvalue weighted by Crippen LogP contribution is 2.31. The molecule has 0 saturated carbocycles. The number of rotatable bonds is 5. The number of halogens is 3. The monoisotopic (exact) mass is 388 g/mol. The molecule has 134 valence electrons. The molecule has 4 heteroatoms. The van der Waals surface area contributed by atoms with E-state index in [2.05, 4.69) is 0 Å². The summed E-state index contributed by atoms with van der Waals surface area (Å²) in [5.74, 6) is -0.542. The van der Waals surface area contributed by atoms with E-state index >= 15 is 0 Å². The van der Waals surface area contributed by atoms with Crippen LogP contribution < -0.4 is 0 Å². The molecule has 0 radical (unpaired) electrons. The second-order valence-electron chi connectivity index (χ2n) is 6.40. The lowest BCUT2D eigenvalue weighted by molar-refractivity contribution is 0.161. The van der Waals surface area contributed by atoms with Gasteiger partial charge in [0, 0.05) is 11.5 Å². The van der Waals surface area contributed by atoms with Crippen molar-refractivity contribution in [1.82, 2.24) is 0 Å². The maximum Gasteiger partial charge on any atom is 0.131 e. The maximum atomic E-state index is 14.7. The van der Waals surface area contributed by atoms with Crippen molar-refractivity contribution in [1.29, 1.82) is 0 Å². The minimum atomic E-state index is -0.633. The van der Waals surface area contributed by atoms with E-state index in [1.54, 1.807) is 25.1 Å². The van der Waals surface area contributed by atoms with Gasteiger partial charge in [0.1, 0.15) is 5.82 Å². The third-order valence-corrected chi connectivity index (χ3v) is 5.27. The van der Waals surface area contributed by atoms with Crippen LogP contribution in [0.2, 0.25) is 10.0 Å². The van der Waals surface area contributed by atoms with Crippen molar-refractivity contribution in [3.05, 3.63) is 93.7 Å². The zero-order valence-corrected chi connectivity index (χ0v) is 15.8. The van der Waals surface area contributed by atoms with Crippen molar-refractivity contribution in [2.24, 2.45) is 0 Å². The lowest BCUT2D eigenvalue weighted by atomic mass is 9.87. The Morgan fingerprint density at radius 2 is 1.65 bits per heavy atom. The van der Waals surface area contributed by atoms with Crippen molar-refractivity contribution < 1.29 is 9.50 Å². The molecular weight excluding hydrogens is 370 g/mol. The second kappa shape index (κ2) is 8.22. The molecule has 1 N–H and O–H groups in total. The fourth-order valence-corrected chi connectivity index (χ4v) is 3.42. The Morgan fingerprint density at radius 3 is 2.27 bits per heavy atom. The largest absolute Gasteiger partial charge is 0.393 e. The first-order chi connectivity index (χ1) is 12.5. The van der Waals surface area contributed by atoms with Crippen LogP contribution in [0.3, 0.4) is 0 Å². The van der Waals surface area contributed by atoms with E-state index in [1.165, 1.54) is 6.07 Å². The molecule has 0 spiro atoms. The van der Waals surface area contributed by atoms with Crippen LogP contribution in [0.4, 0.5) is 4.39 Å². The molecular formula is C22H19Cl2FO. The minimum absolute atomic E-state index is 0.244. The molecule has 0 fully saturated rings. The van der Waals surface area contributed by atoms with Gasteiger partial charge in [-0.05, 0) is 48.2 Å². The summed E-state index contributed by atoms with van der Waals surface area (Å²) in [5.41, 5.74) is 3.07. The van der Waals surface area contributed by atoms with Crippen molar-refractivity contribution in [3.63, 3.8) is 0 Å². The van der Waals surface area contributed by atoms with E-state index in [4.69, 9.17) is 23.2 Å². The van der Waals surface area contributed by atoms with E-state index < -0.39 is 6.10 Å². The van der Waals surface area contributed by atoms with Gasteiger partial charge >= 0.3 is 0 Å². The Balaban J connectivity index is 1.91. The second-order valence-corrected chi connectivity index (χ2v) is 7.22. The molecule has 0 saturated heterocycles. The van der Waals surface area contributed by atoms with Gasteiger partial charge in [0.05, 0.1) is 16.1 Å². The molecule has 0 aliphatic heterocycles. The normalized spacial score (nSPS) is 13.4. The van der Waals surface area contributed by atoms with Gasteiger partial charge in [0.15, 0.2) is 0 Å². The van der Waals surface area contributed by atoms with Gasteiger partial charge in [-0.3, -0.25) is 0 Å². The number of hydrogen-bond donors (Lipinski definition) is 1. The van der Waals surface area contributed by atoms with Crippen LogP contribution in [-0.4, -0.2) is 11.2 Å². The molecule has 0 bridgehead atoms. The Labute approximate surface area is 163 Å². The van der Waals surface area contributed by atoms with Gasteiger partial charge < -0.3 is 5.11 Å². The van der Waals surface area contributed by atoms with Gasteiger partial charge in [-0.25, -0.2) is 4.39 Å². The average Bonchev–Trinajstić information content (AvgIpc) is 2.63. The molecule has 0 aliphatic rings. The summed E-state index contributed by atoms with van der Waals surface area (Å²) in [4.78, 5) is 0. The Hall–Kier alpha value is -1.87. The molecule has 0 amide bonds. The zero-order valence-electron chi connectivity index (χ0n) is 14.3. The van der Waals surface area contributed by atoms with E-state index in [9.17, 15) is 9.50 Å². The highest BCUT2D eigenvalue weighted by molar-refractivity contribution is 6.42. The quantitative estimate of drug-likeness (QED) is 0.528. The van der Waals surface area contributed by atoms with Crippen LogP contribution in [0.25, 0.3) is 11.1 Å². The standard InChI is InChI=1S/C22H19Cl2FO/c1-14(26)19(11-15-7-10-20(23)21(24)12-15)17-8-9-18(22(25)13-17)16-5-3-2-4-6-16/h2-10,12-14,19,26H,11H2,1H3/t14-,19-/m1/s1. The fourth-order valence-electron chi connectivity index (χ4n) is 3.10. The predicted molar refractivity (Wildman–Crippen MR) is 106 cm³/mol. The third kappa shape index (κ3) is 4.27. The highest BCUT2D eigenvalue weighted by atomic mass is 35.5. The van der Waals surface area contributed by atoms with Crippen LogP contribution in [0.5, 0.6) is 0 Å². The summed E-state index contributed by atoms with van der Waals surface area (Å²) in [5, 5.41) is 11.2. The molecule has 26 heavy (non-hydrogen) atoms. The van der Waals surface area contributed by atoms with Crippen LogP contribution in [0.15, 0.2) is 66.7 Å². The lowest BCUT2D eigenvalue weighted by Gasteiger charge is -2.21. The molecule has 2 atom stereocenters. The Kier molecular flexibility index (Phi) is 5.98. The van der Waals surface area contributed by atoms with Crippen LogP contribution in [-0.2, 0) is 6.42 Å². The molecule has 3 aromatic rings. The van der Waals surface area contributed by atoms with Crippen LogP contribution in [0, 0.1) is 5.82 Å². The smallest absolute Gasteiger partial charge is 0.131 e. The van der Waals surface area contributed by atoms with Gasteiger partial charge in [0.2, 0.25) is 0 Å². The first-order valence-electron chi connectivity index (χ1n) is 8.42. The van der Waals surface area contributed by atoms with E-state index in [-0.39, 0.29) is 11.7 Å². The Morgan fingerprint density at radius 1 is 0.923 bits per heavy atom. The molecule has 0 unspecified atom stereocenters. The number of hydrogen-bond acceptors (Lipinski definition) is 1. The topological polar surface area (TPSA) is 20.2 Å². The summed E-state index contributed by atoms with van der Waals surface area (Å²) >= 11 is 12.0.